The highest BCUT2D eigenvalue weighted by Crippen LogP contribution is 2.36. The van der Waals surface area contributed by atoms with E-state index in [1.165, 1.54) is 26.2 Å². The predicted octanol–water partition coefficient (Wildman–Crippen LogP) is -0.126. The first-order valence-electron chi connectivity index (χ1n) is 10.4. The standard InChI is InChI=1S/C22H26O11/c1-22(2,28)15(33-21-19(27)18(26)17(25)14(8-23)32-21)9-30-20-10-3-4-16(24)31-13(10)7-12-11(20)5-6-29-12/h3-7,14-15,17-19,21,23,25-28H,8-9H2,1-2H3/t14-,15+,17-,18+,19-,21-/m1/s1. The van der Waals surface area contributed by atoms with Crippen molar-refractivity contribution in [2.45, 2.75) is 56.3 Å². The Labute approximate surface area is 187 Å². The van der Waals surface area contributed by atoms with E-state index in [0.29, 0.717) is 22.1 Å². The lowest BCUT2D eigenvalue weighted by Crippen LogP contribution is -2.61. The topological polar surface area (TPSA) is 172 Å². The summed E-state index contributed by atoms with van der Waals surface area (Å²) in [6.45, 7) is 2.06. The highest BCUT2D eigenvalue weighted by Gasteiger charge is 2.46. The number of hydrogen-bond acceptors (Lipinski definition) is 11. The Morgan fingerprint density at radius 3 is 2.48 bits per heavy atom. The zero-order valence-electron chi connectivity index (χ0n) is 18.0. The third-order valence-electron chi connectivity index (χ3n) is 5.62. The smallest absolute Gasteiger partial charge is 0.336 e. The normalized spacial score (nSPS) is 27.2. The summed E-state index contributed by atoms with van der Waals surface area (Å²) in [7, 11) is 0. The molecule has 11 heteroatoms. The number of benzene rings is 1. The molecule has 5 N–H and O–H groups in total. The van der Waals surface area contributed by atoms with Crippen LogP contribution in [0, 0.1) is 0 Å². The van der Waals surface area contributed by atoms with Crippen molar-refractivity contribution in [3.05, 3.63) is 40.9 Å². The summed E-state index contributed by atoms with van der Waals surface area (Å²) < 4.78 is 27.8. The first kappa shape index (κ1) is 23.6. The molecule has 0 spiro atoms. The zero-order valence-corrected chi connectivity index (χ0v) is 18.0. The summed E-state index contributed by atoms with van der Waals surface area (Å²) >= 11 is 0. The van der Waals surface area contributed by atoms with E-state index in [9.17, 15) is 30.3 Å². The number of fused-ring (bicyclic) bond motifs is 2. The maximum absolute atomic E-state index is 11.6. The van der Waals surface area contributed by atoms with E-state index < -0.39 is 54.6 Å². The van der Waals surface area contributed by atoms with Crippen LogP contribution in [-0.2, 0) is 9.47 Å². The Hall–Kier alpha value is -2.51. The molecule has 33 heavy (non-hydrogen) atoms. The van der Waals surface area contributed by atoms with Crippen LogP contribution in [0.5, 0.6) is 5.75 Å². The van der Waals surface area contributed by atoms with Gasteiger partial charge in [-0.05, 0) is 26.0 Å². The van der Waals surface area contributed by atoms with Gasteiger partial charge in [-0.3, -0.25) is 0 Å². The van der Waals surface area contributed by atoms with Gasteiger partial charge in [0.05, 0.1) is 29.2 Å². The molecule has 3 aromatic rings. The van der Waals surface area contributed by atoms with Crippen LogP contribution >= 0.6 is 0 Å². The zero-order chi connectivity index (χ0) is 23.9. The van der Waals surface area contributed by atoms with Gasteiger partial charge in [0.1, 0.15) is 54.0 Å². The molecule has 1 aliphatic rings. The molecular formula is C22H26O11. The number of furan rings is 1. The van der Waals surface area contributed by atoms with Crippen LogP contribution in [0.15, 0.2) is 44.2 Å². The second-order valence-corrected chi connectivity index (χ2v) is 8.49. The molecule has 1 aliphatic heterocycles. The van der Waals surface area contributed by atoms with Crippen LogP contribution in [0.4, 0.5) is 0 Å². The van der Waals surface area contributed by atoms with Crippen LogP contribution in [0.1, 0.15) is 13.8 Å². The van der Waals surface area contributed by atoms with Crippen LogP contribution in [-0.4, -0.2) is 81.2 Å². The van der Waals surface area contributed by atoms with E-state index in [2.05, 4.69) is 0 Å². The molecule has 0 aliphatic carbocycles. The molecule has 4 rings (SSSR count). The van der Waals surface area contributed by atoms with E-state index in [0.717, 1.165) is 0 Å². The lowest BCUT2D eigenvalue weighted by atomic mass is 9.98. The highest BCUT2D eigenvalue weighted by atomic mass is 16.7. The molecule has 0 bridgehead atoms. The third kappa shape index (κ3) is 4.62. The van der Waals surface area contributed by atoms with Crippen LogP contribution in [0.25, 0.3) is 21.9 Å². The van der Waals surface area contributed by atoms with Gasteiger partial charge in [0.2, 0.25) is 0 Å². The van der Waals surface area contributed by atoms with E-state index >= 15 is 0 Å². The first-order valence-corrected chi connectivity index (χ1v) is 10.4. The molecule has 0 unspecified atom stereocenters. The Balaban J connectivity index is 1.61. The van der Waals surface area contributed by atoms with Crippen molar-refractivity contribution in [2.24, 2.45) is 0 Å². The minimum atomic E-state index is -1.64. The van der Waals surface area contributed by atoms with Gasteiger partial charge in [-0.25, -0.2) is 4.79 Å². The Morgan fingerprint density at radius 2 is 1.79 bits per heavy atom. The molecule has 3 heterocycles. The van der Waals surface area contributed by atoms with Crippen molar-refractivity contribution in [1.82, 2.24) is 0 Å². The maximum Gasteiger partial charge on any atom is 0.336 e. The minimum Gasteiger partial charge on any atom is -0.489 e. The fraction of sp³-hybridized carbons (Fsp3) is 0.500. The number of aliphatic hydroxyl groups is 5. The summed E-state index contributed by atoms with van der Waals surface area (Å²) in [6.07, 6.45) is -7.07. The van der Waals surface area contributed by atoms with E-state index in [-0.39, 0.29) is 12.2 Å². The summed E-state index contributed by atoms with van der Waals surface area (Å²) in [5, 5.41) is 51.4. The summed E-state index contributed by atoms with van der Waals surface area (Å²) in [6, 6.07) is 6.03. The molecule has 0 radical (unpaired) electrons. The molecule has 11 nitrogen and oxygen atoms in total. The van der Waals surface area contributed by atoms with E-state index in [4.69, 9.17) is 23.0 Å². The molecule has 0 saturated carbocycles. The number of hydrogen-bond donors (Lipinski definition) is 5. The van der Waals surface area contributed by atoms with Gasteiger partial charge in [-0.1, -0.05) is 0 Å². The lowest BCUT2D eigenvalue weighted by Gasteiger charge is -2.42. The first-order chi connectivity index (χ1) is 15.6. The maximum atomic E-state index is 11.6. The molecule has 0 amide bonds. The summed E-state index contributed by atoms with van der Waals surface area (Å²) in [5.74, 6) is 0.326. The van der Waals surface area contributed by atoms with Crippen molar-refractivity contribution in [3.63, 3.8) is 0 Å². The van der Waals surface area contributed by atoms with Gasteiger partial charge in [0, 0.05) is 12.1 Å². The van der Waals surface area contributed by atoms with Gasteiger partial charge in [0.15, 0.2) is 6.29 Å². The minimum absolute atomic E-state index is 0.239. The monoisotopic (exact) mass is 466 g/mol. The van der Waals surface area contributed by atoms with Gasteiger partial charge >= 0.3 is 5.63 Å². The Bertz CT molecular complexity index is 1160. The number of rotatable bonds is 7. The average molecular weight is 466 g/mol. The lowest BCUT2D eigenvalue weighted by molar-refractivity contribution is -0.323. The van der Waals surface area contributed by atoms with Gasteiger partial charge in [-0.15, -0.1) is 0 Å². The molecule has 1 saturated heterocycles. The van der Waals surface area contributed by atoms with E-state index in [1.807, 2.05) is 0 Å². The fourth-order valence-electron chi connectivity index (χ4n) is 3.68. The summed E-state index contributed by atoms with van der Waals surface area (Å²) in [5.41, 5.74) is -1.37. The molecule has 1 fully saturated rings. The number of ether oxygens (including phenoxy) is 3. The van der Waals surface area contributed by atoms with Crippen molar-refractivity contribution in [3.8, 4) is 5.75 Å². The second-order valence-electron chi connectivity index (χ2n) is 8.49. The molecule has 2 aromatic heterocycles. The van der Waals surface area contributed by atoms with Crippen molar-refractivity contribution in [2.75, 3.05) is 13.2 Å². The predicted molar refractivity (Wildman–Crippen MR) is 113 cm³/mol. The quantitative estimate of drug-likeness (QED) is 0.294. The van der Waals surface area contributed by atoms with Crippen LogP contribution in [0.3, 0.4) is 0 Å². The van der Waals surface area contributed by atoms with Crippen molar-refractivity contribution < 1.29 is 48.6 Å². The van der Waals surface area contributed by atoms with Crippen molar-refractivity contribution in [1.29, 1.82) is 0 Å². The van der Waals surface area contributed by atoms with E-state index in [1.54, 1.807) is 18.2 Å². The van der Waals surface area contributed by atoms with Crippen LogP contribution in [0.2, 0.25) is 0 Å². The molecule has 1 aromatic carbocycles. The number of aliphatic hydroxyl groups excluding tert-OH is 4. The van der Waals surface area contributed by atoms with Gasteiger partial charge in [-0.2, -0.15) is 0 Å². The SMILES string of the molecule is CC(C)(O)[C@H](COc1c2ccoc2cc2oc(=O)ccc12)O[C@H]1O[C@H](CO)[C@@H](O)[C@H](O)[C@H]1O. The Kier molecular flexibility index (Phi) is 6.47. The fourth-order valence-corrected chi connectivity index (χ4v) is 3.68. The van der Waals surface area contributed by atoms with Gasteiger partial charge < -0.3 is 48.6 Å². The van der Waals surface area contributed by atoms with Crippen molar-refractivity contribution >= 4 is 21.9 Å². The van der Waals surface area contributed by atoms with Gasteiger partial charge in [0.25, 0.3) is 0 Å². The summed E-state index contributed by atoms with van der Waals surface area (Å²) in [4.78, 5) is 11.6. The second kappa shape index (κ2) is 9.03. The molecular weight excluding hydrogens is 440 g/mol. The van der Waals surface area contributed by atoms with Crippen LogP contribution < -0.4 is 10.4 Å². The highest BCUT2D eigenvalue weighted by molar-refractivity contribution is 6.01. The molecule has 180 valence electrons. The third-order valence-corrected chi connectivity index (χ3v) is 5.62. The Morgan fingerprint density at radius 1 is 1.06 bits per heavy atom. The molecule has 6 atom stereocenters. The largest absolute Gasteiger partial charge is 0.489 e. The average Bonchev–Trinajstić information content (AvgIpc) is 3.22.